The van der Waals surface area contributed by atoms with Crippen molar-refractivity contribution in [3.63, 3.8) is 0 Å². The Morgan fingerprint density at radius 2 is 1.02 bits per heavy atom. The molecule has 12 rings (SSSR count). The Morgan fingerprint density at radius 3 is 1.80 bits per heavy atom. The van der Waals surface area contributed by atoms with Crippen LogP contribution in [0.15, 0.2) is 182 Å². The third-order valence-electron chi connectivity index (χ3n) is 11.6. The predicted octanol–water partition coefficient (Wildman–Crippen LogP) is 13.5. The minimum absolute atomic E-state index is 0.485. The second-order valence-corrected chi connectivity index (χ2v) is 15.4. The molecule has 55 heavy (non-hydrogen) atoms. The molecule has 0 N–H and O–H groups in total. The molecule has 3 heterocycles. The molecule has 1 aliphatic carbocycles. The summed E-state index contributed by atoms with van der Waals surface area (Å²) in [6, 6.07) is 65.3. The summed E-state index contributed by atoms with van der Waals surface area (Å²) in [4.78, 5) is 10.5. The maximum atomic E-state index is 6.55. The van der Waals surface area contributed by atoms with Crippen molar-refractivity contribution in [1.29, 1.82) is 0 Å². The molecule has 0 unspecified atom stereocenters. The first kappa shape index (κ1) is 30.6. The van der Waals surface area contributed by atoms with Crippen LogP contribution in [0.5, 0.6) is 11.5 Å². The number of fused-ring (bicyclic) bond motifs is 13. The van der Waals surface area contributed by atoms with Gasteiger partial charge in [0, 0.05) is 32.3 Å². The van der Waals surface area contributed by atoms with Crippen LogP contribution in [0.3, 0.4) is 0 Å². The van der Waals surface area contributed by atoms with E-state index in [4.69, 9.17) is 14.7 Å². The fourth-order valence-electron chi connectivity index (χ4n) is 9.27. The molecule has 2 aromatic heterocycles. The summed E-state index contributed by atoms with van der Waals surface area (Å²) in [5.41, 5.74) is 13.4. The van der Waals surface area contributed by atoms with Crippen molar-refractivity contribution in [1.82, 2.24) is 9.97 Å². The fourth-order valence-corrected chi connectivity index (χ4v) is 10.4. The normalized spacial score (nSPS) is 13.4. The lowest BCUT2D eigenvalue weighted by molar-refractivity contribution is 0.436. The molecule has 0 radical (unpaired) electrons. The van der Waals surface area contributed by atoms with Crippen LogP contribution in [-0.2, 0) is 5.41 Å². The van der Waals surface area contributed by atoms with Crippen LogP contribution in [0.2, 0.25) is 0 Å². The molecule has 256 valence electrons. The molecule has 0 bridgehead atoms. The van der Waals surface area contributed by atoms with E-state index in [1.807, 2.05) is 6.07 Å². The predicted molar refractivity (Wildman–Crippen MR) is 226 cm³/mol. The van der Waals surface area contributed by atoms with E-state index < -0.39 is 5.41 Å². The Balaban J connectivity index is 1.08. The highest BCUT2D eigenvalue weighted by Crippen LogP contribution is 2.62. The molecule has 0 saturated carbocycles. The van der Waals surface area contributed by atoms with Crippen LogP contribution in [0.1, 0.15) is 22.3 Å². The third kappa shape index (κ3) is 4.26. The lowest BCUT2D eigenvalue weighted by atomic mass is 9.66. The summed E-state index contributed by atoms with van der Waals surface area (Å²) < 4.78 is 8.87. The second kappa shape index (κ2) is 11.6. The van der Waals surface area contributed by atoms with E-state index >= 15 is 0 Å². The van der Waals surface area contributed by atoms with E-state index in [0.29, 0.717) is 0 Å². The standard InChI is InChI=1S/C51H30N2OS/c1-2-14-31(15-3-1)50-52-47(49-48(53-50)38-19-7-13-25-46(38)55-49)37-28-27-33(34-16-4-5-17-35(34)37)32-26-29-41-39(30-32)36-18-6-8-20-40(36)51(41)42-21-9-11-23-44(42)54-45-24-12-10-22-43(45)51/h1-30H. The average molecular weight is 719 g/mol. The number of ether oxygens (including phenoxy) is 1. The number of benzene rings is 8. The molecule has 0 amide bonds. The minimum Gasteiger partial charge on any atom is -0.457 e. The quantitative estimate of drug-likeness (QED) is 0.182. The number of aromatic nitrogens is 2. The number of hydrogen-bond acceptors (Lipinski definition) is 4. The van der Waals surface area contributed by atoms with Gasteiger partial charge >= 0.3 is 0 Å². The van der Waals surface area contributed by atoms with Gasteiger partial charge in [-0.15, -0.1) is 11.3 Å². The molecule has 10 aromatic rings. The van der Waals surface area contributed by atoms with E-state index in [1.165, 1.54) is 60.0 Å². The maximum Gasteiger partial charge on any atom is 0.160 e. The summed E-state index contributed by atoms with van der Waals surface area (Å²) in [6.45, 7) is 0. The van der Waals surface area contributed by atoms with Crippen LogP contribution < -0.4 is 4.74 Å². The van der Waals surface area contributed by atoms with Gasteiger partial charge < -0.3 is 4.74 Å². The van der Waals surface area contributed by atoms with Crippen molar-refractivity contribution in [2.45, 2.75) is 5.41 Å². The Kier molecular flexibility index (Phi) is 6.42. The number of rotatable bonds is 3. The zero-order valence-electron chi connectivity index (χ0n) is 29.5. The zero-order valence-corrected chi connectivity index (χ0v) is 30.3. The summed E-state index contributed by atoms with van der Waals surface area (Å²) in [5, 5.41) is 3.52. The first-order valence-corrected chi connectivity index (χ1v) is 19.5. The number of para-hydroxylation sites is 2. The molecule has 4 heteroatoms. The Morgan fingerprint density at radius 1 is 0.418 bits per heavy atom. The summed E-state index contributed by atoms with van der Waals surface area (Å²) >= 11 is 1.77. The van der Waals surface area contributed by atoms with Gasteiger partial charge in [0.15, 0.2) is 5.82 Å². The Bertz CT molecular complexity index is 3150. The van der Waals surface area contributed by atoms with Gasteiger partial charge in [-0.3, -0.25) is 0 Å². The van der Waals surface area contributed by atoms with Crippen molar-refractivity contribution in [3.8, 4) is 56.4 Å². The van der Waals surface area contributed by atoms with Crippen LogP contribution in [0.4, 0.5) is 0 Å². The van der Waals surface area contributed by atoms with E-state index in [-0.39, 0.29) is 0 Å². The zero-order chi connectivity index (χ0) is 36.1. The molecular formula is C51H30N2OS. The molecule has 1 spiro atoms. The molecule has 0 fully saturated rings. The van der Waals surface area contributed by atoms with Gasteiger partial charge in [0.05, 0.1) is 21.3 Å². The van der Waals surface area contributed by atoms with Gasteiger partial charge in [-0.05, 0) is 68.4 Å². The van der Waals surface area contributed by atoms with Gasteiger partial charge in [-0.2, -0.15) is 0 Å². The second-order valence-electron chi connectivity index (χ2n) is 14.4. The van der Waals surface area contributed by atoms with E-state index in [2.05, 4.69) is 176 Å². The van der Waals surface area contributed by atoms with Crippen LogP contribution in [0.25, 0.3) is 76.0 Å². The van der Waals surface area contributed by atoms with Gasteiger partial charge in [0.1, 0.15) is 11.5 Å². The summed E-state index contributed by atoms with van der Waals surface area (Å²) in [7, 11) is 0. The van der Waals surface area contributed by atoms with Crippen molar-refractivity contribution in [2.75, 3.05) is 0 Å². The Labute approximate surface area is 321 Å². The molecular weight excluding hydrogens is 689 g/mol. The van der Waals surface area contributed by atoms with E-state index in [0.717, 1.165) is 49.7 Å². The molecule has 0 saturated heterocycles. The summed E-state index contributed by atoms with van der Waals surface area (Å²) in [5.74, 6) is 2.55. The third-order valence-corrected chi connectivity index (χ3v) is 12.8. The van der Waals surface area contributed by atoms with Crippen molar-refractivity contribution >= 4 is 42.4 Å². The van der Waals surface area contributed by atoms with E-state index in [1.54, 1.807) is 11.3 Å². The molecule has 8 aromatic carbocycles. The summed E-state index contributed by atoms with van der Waals surface area (Å²) in [6.07, 6.45) is 0. The topological polar surface area (TPSA) is 35.0 Å². The van der Waals surface area contributed by atoms with Crippen molar-refractivity contribution in [2.24, 2.45) is 0 Å². The van der Waals surface area contributed by atoms with Crippen LogP contribution in [0, 0.1) is 0 Å². The molecule has 0 atom stereocenters. The molecule has 2 aliphatic rings. The van der Waals surface area contributed by atoms with Crippen LogP contribution in [-0.4, -0.2) is 9.97 Å². The highest BCUT2D eigenvalue weighted by Gasteiger charge is 2.50. The lowest BCUT2D eigenvalue weighted by Gasteiger charge is -2.39. The van der Waals surface area contributed by atoms with E-state index in [9.17, 15) is 0 Å². The largest absolute Gasteiger partial charge is 0.457 e. The lowest BCUT2D eigenvalue weighted by Crippen LogP contribution is -2.32. The van der Waals surface area contributed by atoms with Crippen molar-refractivity contribution in [3.05, 3.63) is 204 Å². The van der Waals surface area contributed by atoms with Crippen molar-refractivity contribution < 1.29 is 4.74 Å². The number of thiophene rings is 1. The first-order valence-electron chi connectivity index (χ1n) is 18.7. The minimum atomic E-state index is -0.485. The SMILES string of the molecule is c1ccc(-c2nc(-c3ccc(-c4ccc5c(c4)-c4ccccc4C54c5ccccc5Oc5ccccc54)c4ccccc34)c3sc4ccccc4c3n2)cc1. The van der Waals surface area contributed by atoms with Gasteiger partial charge in [-0.25, -0.2) is 9.97 Å². The highest BCUT2D eigenvalue weighted by molar-refractivity contribution is 7.26. The maximum absolute atomic E-state index is 6.55. The number of hydrogen-bond donors (Lipinski definition) is 0. The first-order chi connectivity index (χ1) is 27.3. The molecule has 1 aliphatic heterocycles. The van der Waals surface area contributed by atoms with Gasteiger partial charge in [0.2, 0.25) is 0 Å². The van der Waals surface area contributed by atoms with Gasteiger partial charge in [-0.1, -0.05) is 158 Å². The smallest absolute Gasteiger partial charge is 0.160 e. The highest BCUT2D eigenvalue weighted by atomic mass is 32.1. The van der Waals surface area contributed by atoms with Crippen LogP contribution >= 0.6 is 11.3 Å². The Hall–Kier alpha value is -6.88. The average Bonchev–Trinajstić information content (AvgIpc) is 3.77. The fraction of sp³-hybridized carbons (Fsp3) is 0.0196. The number of nitrogens with zero attached hydrogens (tertiary/aromatic N) is 2. The monoisotopic (exact) mass is 718 g/mol. The molecule has 3 nitrogen and oxygen atoms in total. The van der Waals surface area contributed by atoms with Gasteiger partial charge in [0.25, 0.3) is 0 Å².